The Kier molecular flexibility index (Phi) is 2.36. The molecule has 46 valence electrons. The second-order valence-corrected chi connectivity index (χ2v) is 1.76. The standard InChI is InChI=1S/C3H6N2O2S/c1-2(8)5(7)3(4)6/h7H,1H3,(H2,4,6). The van der Waals surface area contributed by atoms with Crippen LogP contribution in [-0.4, -0.2) is 21.3 Å². The molecule has 0 bridgehead atoms. The van der Waals surface area contributed by atoms with Crippen molar-refractivity contribution in [3.05, 3.63) is 0 Å². The summed E-state index contributed by atoms with van der Waals surface area (Å²) < 4.78 is 0. The minimum absolute atomic E-state index is 0.0394. The lowest BCUT2D eigenvalue weighted by Gasteiger charge is -2.06. The zero-order valence-electron chi connectivity index (χ0n) is 4.29. The summed E-state index contributed by atoms with van der Waals surface area (Å²) in [5.74, 6) is 0. The Morgan fingerprint density at radius 2 is 2.25 bits per heavy atom. The quantitative estimate of drug-likeness (QED) is 0.280. The minimum Gasteiger partial charge on any atom is -0.349 e. The van der Waals surface area contributed by atoms with E-state index in [1.807, 2.05) is 0 Å². The molecule has 0 rings (SSSR count). The van der Waals surface area contributed by atoms with Crippen molar-refractivity contribution < 1.29 is 10.0 Å². The molecule has 0 aliphatic carbocycles. The largest absolute Gasteiger partial charge is 0.349 e. The Morgan fingerprint density at radius 1 is 1.88 bits per heavy atom. The van der Waals surface area contributed by atoms with E-state index >= 15 is 0 Å². The Hall–Kier alpha value is -0.680. The number of hydrogen-bond acceptors (Lipinski definition) is 3. The number of amides is 2. The van der Waals surface area contributed by atoms with Crippen LogP contribution in [0.2, 0.25) is 0 Å². The smallest absolute Gasteiger partial charge is 0.343 e. The first-order chi connectivity index (χ1) is 3.55. The fourth-order valence-electron chi connectivity index (χ4n) is 0.155. The van der Waals surface area contributed by atoms with Crippen LogP contribution in [0.1, 0.15) is 6.92 Å². The van der Waals surface area contributed by atoms with Gasteiger partial charge < -0.3 is 5.73 Å². The molecule has 4 nitrogen and oxygen atoms in total. The van der Waals surface area contributed by atoms with Gasteiger partial charge in [0.05, 0.1) is 0 Å². The predicted molar refractivity (Wildman–Crippen MR) is 31.5 cm³/mol. The van der Waals surface area contributed by atoms with Gasteiger partial charge in [0.2, 0.25) is 0 Å². The molecule has 0 aromatic rings. The molecular weight excluding hydrogens is 128 g/mol. The zero-order chi connectivity index (χ0) is 6.73. The Labute approximate surface area is 51.8 Å². The van der Waals surface area contributed by atoms with Crippen LogP contribution in [0.25, 0.3) is 0 Å². The Bertz CT molecular complexity index is 110. The van der Waals surface area contributed by atoms with Gasteiger partial charge in [0.1, 0.15) is 4.99 Å². The molecule has 0 saturated heterocycles. The van der Waals surface area contributed by atoms with E-state index in [1.165, 1.54) is 6.92 Å². The molecule has 0 fully saturated rings. The van der Waals surface area contributed by atoms with E-state index in [0.717, 1.165) is 0 Å². The van der Waals surface area contributed by atoms with E-state index in [0.29, 0.717) is 0 Å². The molecule has 0 radical (unpaired) electrons. The molecule has 8 heavy (non-hydrogen) atoms. The first kappa shape index (κ1) is 7.32. The molecule has 0 heterocycles. The summed E-state index contributed by atoms with van der Waals surface area (Å²) in [6.07, 6.45) is 0. The molecule has 2 amide bonds. The monoisotopic (exact) mass is 134 g/mol. The van der Waals surface area contributed by atoms with Crippen LogP contribution in [0.3, 0.4) is 0 Å². The zero-order valence-corrected chi connectivity index (χ0v) is 5.10. The van der Waals surface area contributed by atoms with Crippen molar-refractivity contribution in [1.82, 2.24) is 5.06 Å². The molecule has 0 aliphatic rings. The van der Waals surface area contributed by atoms with E-state index < -0.39 is 6.03 Å². The number of urea groups is 1. The maximum absolute atomic E-state index is 9.95. The van der Waals surface area contributed by atoms with Crippen LogP contribution in [0.5, 0.6) is 0 Å². The van der Waals surface area contributed by atoms with Gasteiger partial charge in [-0.2, -0.15) is 5.06 Å². The molecule has 0 unspecified atom stereocenters. The van der Waals surface area contributed by atoms with Gasteiger partial charge in [-0.15, -0.1) is 0 Å². The number of hydrogen-bond donors (Lipinski definition) is 2. The van der Waals surface area contributed by atoms with Gasteiger partial charge in [-0.3, -0.25) is 5.21 Å². The van der Waals surface area contributed by atoms with Crippen LogP contribution >= 0.6 is 12.2 Å². The Morgan fingerprint density at radius 3 is 2.25 bits per heavy atom. The highest BCUT2D eigenvalue weighted by Crippen LogP contribution is 1.82. The summed E-state index contributed by atoms with van der Waals surface area (Å²) in [6.45, 7) is 1.39. The van der Waals surface area contributed by atoms with E-state index in [9.17, 15) is 4.79 Å². The van der Waals surface area contributed by atoms with Gasteiger partial charge in [0.15, 0.2) is 0 Å². The molecule has 0 spiro atoms. The first-order valence-electron chi connectivity index (χ1n) is 1.84. The van der Waals surface area contributed by atoms with Crippen molar-refractivity contribution in [2.24, 2.45) is 5.73 Å². The molecule has 0 aromatic heterocycles. The average molecular weight is 134 g/mol. The van der Waals surface area contributed by atoms with Crippen molar-refractivity contribution in [3.8, 4) is 0 Å². The molecule has 3 N–H and O–H groups in total. The van der Waals surface area contributed by atoms with Crippen molar-refractivity contribution in [1.29, 1.82) is 0 Å². The number of thiocarbonyl (C=S) groups is 1. The van der Waals surface area contributed by atoms with E-state index in [1.54, 1.807) is 0 Å². The van der Waals surface area contributed by atoms with Gasteiger partial charge >= 0.3 is 6.03 Å². The summed E-state index contributed by atoms with van der Waals surface area (Å²) in [5, 5.41) is 8.62. The highest BCUT2D eigenvalue weighted by molar-refractivity contribution is 7.80. The van der Waals surface area contributed by atoms with Gasteiger partial charge in [-0.1, -0.05) is 12.2 Å². The maximum atomic E-state index is 9.95. The molecular formula is C3H6N2O2S. The SMILES string of the molecule is CC(=S)N(O)C(N)=O. The van der Waals surface area contributed by atoms with Gasteiger partial charge in [-0.05, 0) is 6.92 Å². The normalized spacial score (nSPS) is 8.25. The van der Waals surface area contributed by atoms with Crippen molar-refractivity contribution in [2.75, 3.05) is 0 Å². The van der Waals surface area contributed by atoms with Crippen LogP contribution in [0, 0.1) is 0 Å². The van der Waals surface area contributed by atoms with Crippen LogP contribution in [0.15, 0.2) is 0 Å². The number of nitrogens with zero attached hydrogens (tertiary/aromatic N) is 1. The van der Waals surface area contributed by atoms with Gasteiger partial charge in [0, 0.05) is 0 Å². The van der Waals surface area contributed by atoms with E-state index in [2.05, 4.69) is 18.0 Å². The van der Waals surface area contributed by atoms with Crippen molar-refractivity contribution in [3.63, 3.8) is 0 Å². The number of primary amides is 1. The number of carbonyl (C=O) groups excluding carboxylic acids is 1. The molecule has 0 aliphatic heterocycles. The predicted octanol–water partition coefficient (Wildman–Crippen LogP) is 0.104. The molecule has 0 atom stereocenters. The summed E-state index contributed by atoms with van der Waals surface area (Å²) >= 11 is 4.37. The van der Waals surface area contributed by atoms with Gasteiger partial charge in [0.25, 0.3) is 0 Å². The maximum Gasteiger partial charge on any atom is 0.343 e. The summed E-state index contributed by atoms with van der Waals surface area (Å²) in [4.78, 5) is 9.99. The first-order valence-corrected chi connectivity index (χ1v) is 2.25. The lowest BCUT2D eigenvalue weighted by molar-refractivity contribution is 0.0330. The number of rotatable bonds is 0. The van der Waals surface area contributed by atoms with E-state index in [-0.39, 0.29) is 10.1 Å². The second kappa shape index (κ2) is 2.58. The van der Waals surface area contributed by atoms with Crippen LogP contribution in [-0.2, 0) is 0 Å². The molecule has 0 saturated carbocycles. The van der Waals surface area contributed by atoms with E-state index in [4.69, 9.17) is 5.21 Å². The van der Waals surface area contributed by atoms with Crippen LogP contribution in [0.4, 0.5) is 4.79 Å². The van der Waals surface area contributed by atoms with Crippen LogP contribution < -0.4 is 5.73 Å². The van der Waals surface area contributed by atoms with Crippen molar-refractivity contribution >= 4 is 23.2 Å². The third-order valence-corrected chi connectivity index (χ3v) is 0.680. The highest BCUT2D eigenvalue weighted by atomic mass is 32.1. The second-order valence-electron chi connectivity index (χ2n) is 1.17. The third-order valence-electron chi connectivity index (χ3n) is 0.507. The number of hydroxylamine groups is 2. The fraction of sp³-hybridized carbons (Fsp3) is 0.333. The van der Waals surface area contributed by atoms with Gasteiger partial charge in [-0.25, -0.2) is 4.79 Å². The summed E-state index contributed by atoms with van der Waals surface area (Å²) in [5.41, 5.74) is 4.59. The average Bonchev–Trinajstić information content (AvgIpc) is 1.64. The number of carbonyl (C=O) groups is 1. The molecule has 5 heteroatoms. The number of nitrogens with two attached hydrogens (primary N) is 1. The third kappa shape index (κ3) is 1.85. The fourth-order valence-corrected chi connectivity index (χ4v) is 0.245. The highest BCUT2D eigenvalue weighted by Gasteiger charge is 2.04. The minimum atomic E-state index is -0.961. The summed E-state index contributed by atoms with van der Waals surface area (Å²) in [7, 11) is 0. The topological polar surface area (TPSA) is 66.6 Å². The summed E-state index contributed by atoms with van der Waals surface area (Å²) in [6, 6.07) is -0.961. The lowest BCUT2D eigenvalue weighted by atomic mass is 10.7. The van der Waals surface area contributed by atoms with Crippen molar-refractivity contribution in [2.45, 2.75) is 6.92 Å². The Balaban J connectivity index is 3.83. The lowest BCUT2D eigenvalue weighted by Crippen LogP contribution is -2.35. The molecule has 0 aromatic carbocycles.